The van der Waals surface area contributed by atoms with Crippen molar-refractivity contribution < 1.29 is 9.47 Å². The molecule has 0 radical (unpaired) electrons. The first kappa shape index (κ1) is 11.5. The molecule has 0 atom stereocenters. The van der Waals surface area contributed by atoms with Crippen LogP contribution in [-0.2, 0) is 11.3 Å². The number of halogens is 1. The third-order valence-electron chi connectivity index (χ3n) is 1.71. The molecule has 0 aromatic heterocycles. The summed E-state index contributed by atoms with van der Waals surface area (Å²) in [5, 5.41) is 0. The summed E-state index contributed by atoms with van der Waals surface area (Å²) in [5.41, 5.74) is 1.12. The lowest BCUT2D eigenvalue weighted by molar-refractivity contribution is 0.184. The molecule has 0 saturated heterocycles. The molecule has 0 bridgehead atoms. The molecule has 78 valence electrons. The van der Waals surface area contributed by atoms with E-state index in [2.05, 4.69) is 22.9 Å². The molecule has 0 spiro atoms. The van der Waals surface area contributed by atoms with E-state index in [1.54, 1.807) is 7.11 Å². The van der Waals surface area contributed by atoms with Crippen LogP contribution in [0, 0.1) is 0 Å². The standard InChI is InChI=1S/C11H15BrO2/c1-3-4-14-11-6-9(8-13-2)5-10(12)7-11/h5-7H,3-4,8H2,1-2H3. The van der Waals surface area contributed by atoms with Gasteiger partial charge in [0.15, 0.2) is 0 Å². The second-order valence-corrected chi connectivity index (χ2v) is 3.99. The largest absolute Gasteiger partial charge is 0.494 e. The van der Waals surface area contributed by atoms with Crippen molar-refractivity contribution in [2.75, 3.05) is 13.7 Å². The van der Waals surface area contributed by atoms with E-state index >= 15 is 0 Å². The molecular weight excluding hydrogens is 244 g/mol. The second kappa shape index (κ2) is 6.04. The van der Waals surface area contributed by atoms with Gasteiger partial charge in [0, 0.05) is 11.6 Å². The SMILES string of the molecule is CCCOc1cc(Br)cc(COC)c1. The van der Waals surface area contributed by atoms with Crippen LogP contribution in [0.25, 0.3) is 0 Å². The fourth-order valence-corrected chi connectivity index (χ4v) is 1.69. The van der Waals surface area contributed by atoms with Gasteiger partial charge in [0.05, 0.1) is 13.2 Å². The Bertz CT molecular complexity index is 287. The maximum absolute atomic E-state index is 5.54. The molecule has 1 aromatic carbocycles. The molecule has 1 aromatic rings. The lowest BCUT2D eigenvalue weighted by Gasteiger charge is -2.07. The summed E-state index contributed by atoms with van der Waals surface area (Å²) in [6, 6.07) is 6.00. The molecule has 0 aliphatic heterocycles. The number of methoxy groups -OCH3 is 1. The molecule has 0 N–H and O–H groups in total. The number of ether oxygens (including phenoxy) is 2. The van der Waals surface area contributed by atoms with Gasteiger partial charge in [0.1, 0.15) is 5.75 Å². The first-order valence-electron chi connectivity index (χ1n) is 4.67. The Balaban J connectivity index is 2.73. The summed E-state index contributed by atoms with van der Waals surface area (Å²) in [6.45, 7) is 3.46. The van der Waals surface area contributed by atoms with Crippen LogP contribution in [0.4, 0.5) is 0 Å². The Labute approximate surface area is 93.4 Å². The normalized spacial score (nSPS) is 10.2. The van der Waals surface area contributed by atoms with E-state index in [0.717, 1.165) is 28.8 Å². The lowest BCUT2D eigenvalue weighted by Crippen LogP contribution is -1.96. The van der Waals surface area contributed by atoms with Crippen molar-refractivity contribution in [2.45, 2.75) is 20.0 Å². The molecule has 1 rings (SSSR count). The van der Waals surface area contributed by atoms with Crippen LogP contribution >= 0.6 is 15.9 Å². The highest BCUT2D eigenvalue weighted by molar-refractivity contribution is 9.10. The molecule has 0 unspecified atom stereocenters. The van der Waals surface area contributed by atoms with E-state index in [-0.39, 0.29) is 0 Å². The highest BCUT2D eigenvalue weighted by Gasteiger charge is 1.99. The average Bonchev–Trinajstić information content (AvgIpc) is 2.14. The first-order valence-corrected chi connectivity index (χ1v) is 5.46. The summed E-state index contributed by atoms with van der Waals surface area (Å²) >= 11 is 3.44. The van der Waals surface area contributed by atoms with E-state index in [1.165, 1.54) is 0 Å². The Kier molecular flexibility index (Phi) is 4.98. The quantitative estimate of drug-likeness (QED) is 0.807. The van der Waals surface area contributed by atoms with Crippen molar-refractivity contribution in [3.05, 3.63) is 28.2 Å². The van der Waals surface area contributed by atoms with E-state index < -0.39 is 0 Å². The minimum Gasteiger partial charge on any atom is -0.494 e. The second-order valence-electron chi connectivity index (χ2n) is 3.08. The molecule has 0 aliphatic rings. The maximum Gasteiger partial charge on any atom is 0.120 e. The van der Waals surface area contributed by atoms with Gasteiger partial charge in [-0.2, -0.15) is 0 Å². The van der Waals surface area contributed by atoms with Gasteiger partial charge in [-0.25, -0.2) is 0 Å². The number of hydrogen-bond acceptors (Lipinski definition) is 2. The fraction of sp³-hybridized carbons (Fsp3) is 0.455. The van der Waals surface area contributed by atoms with Gasteiger partial charge in [-0.05, 0) is 30.2 Å². The Morgan fingerprint density at radius 1 is 1.29 bits per heavy atom. The Morgan fingerprint density at radius 3 is 2.71 bits per heavy atom. The van der Waals surface area contributed by atoms with Crippen molar-refractivity contribution >= 4 is 15.9 Å². The topological polar surface area (TPSA) is 18.5 Å². The minimum atomic E-state index is 0.613. The lowest BCUT2D eigenvalue weighted by atomic mass is 10.2. The van der Waals surface area contributed by atoms with Gasteiger partial charge in [-0.3, -0.25) is 0 Å². The molecule has 0 fully saturated rings. The van der Waals surface area contributed by atoms with Crippen molar-refractivity contribution in [3.8, 4) is 5.75 Å². The van der Waals surface area contributed by atoms with Crippen LogP contribution in [0.1, 0.15) is 18.9 Å². The smallest absolute Gasteiger partial charge is 0.120 e. The molecule has 2 nitrogen and oxygen atoms in total. The van der Waals surface area contributed by atoms with Crippen LogP contribution < -0.4 is 4.74 Å². The van der Waals surface area contributed by atoms with Crippen LogP contribution in [0.2, 0.25) is 0 Å². The zero-order valence-corrected chi connectivity index (χ0v) is 10.1. The summed E-state index contributed by atoms with van der Waals surface area (Å²) < 4.78 is 11.6. The van der Waals surface area contributed by atoms with Gasteiger partial charge in [-0.15, -0.1) is 0 Å². The average molecular weight is 259 g/mol. The zero-order valence-electron chi connectivity index (χ0n) is 8.55. The number of rotatable bonds is 5. The van der Waals surface area contributed by atoms with Crippen molar-refractivity contribution in [1.29, 1.82) is 0 Å². The van der Waals surface area contributed by atoms with Gasteiger partial charge in [0.2, 0.25) is 0 Å². The monoisotopic (exact) mass is 258 g/mol. The third kappa shape index (κ3) is 3.68. The molecule has 0 saturated carbocycles. The molecular formula is C11H15BrO2. The van der Waals surface area contributed by atoms with Crippen molar-refractivity contribution in [3.63, 3.8) is 0 Å². The Hall–Kier alpha value is -0.540. The van der Waals surface area contributed by atoms with Gasteiger partial charge in [-0.1, -0.05) is 22.9 Å². The predicted octanol–water partition coefficient (Wildman–Crippen LogP) is 3.38. The minimum absolute atomic E-state index is 0.613. The Morgan fingerprint density at radius 2 is 2.07 bits per heavy atom. The molecule has 14 heavy (non-hydrogen) atoms. The molecule has 0 heterocycles. The van der Waals surface area contributed by atoms with E-state index in [1.807, 2.05) is 18.2 Å². The third-order valence-corrected chi connectivity index (χ3v) is 2.17. The number of hydrogen-bond donors (Lipinski definition) is 0. The summed E-state index contributed by atoms with van der Waals surface area (Å²) in [6.07, 6.45) is 1.02. The van der Waals surface area contributed by atoms with E-state index in [9.17, 15) is 0 Å². The number of benzene rings is 1. The van der Waals surface area contributed by atoms with Crippen molar-refractivity contribution in [2.24, 2.45) is 0 Å². The van der Waals surface area contributed by atoms with E-state index in [4.69, 9.17) is 9.47 Å². The fourth-order valence-electron chi connectivity index (χ4n) is 1.17. The van der Waals surface area contributed by atoms with Gasteiger partial charge in [0.25, 0.3) is 0 Å². The molecule has 3 heteroatoms. The maximum atomic E-state index is 5.54. The van der Waals surface area contributed by atoms with Crippen LogP contribution in [0.15, 0.2) is 22.7 Å². The molecule has 0 amide bonds. The highest BCUT2D eigenvalue weighted by Crippen LogP contribution is 2.22. The van der Waals surface area contributed by atoms with Crippen LogP contribution in [0.3, 0.4) is 0 Å². The summed E-state index contributed by atoms with van der Waals surface area (Å²) in [5.74, 6) is 0.897. The van der Waals surface area contributed by atoms with Gasteiger partial charge >= 0.3 is 0 Å². The van der Waals surface area contributed by atoms with Crippen molar-refractivity contribution in [1.82, 2.24) is 0 Å². The molecule has 0 aliphatic carbocycles. The predicted molar refractivity (Wildman–Crippen MR) is 60.6 cm³/mol. The summed E-state index contributed by atoms with van der Waals surface area (Å²) in [4.78, 5) is 0. The summed E-state index contributed by atoms with van der Waals surface area (Å²) in [7, 11) is 1.69. The van der Waals surface area contributed by atoms with Crippen LogP contribution in [-0.4, -0.2) is 13.7 Å². The van der Waals surface area contributed by atoms with Gasteiger partial charge < -0.3 is 9.47 Å². The first-order chi connectivity index (χ1) is 6.76. The van der Waals surface area contributed by atoms with Crippen LogP contribution in [0.5, 0.6) is 5.75 Å². The zero-order chi connectivity index (χ0) is 10.4. The highest BCUT2D eigenvalue weighted by atomic mass is 79.9. The van der Waals surface area contributed by atoms with E-state index in [0.29, 0.717) is 6.61 Å².